The molecule has 160 valence electrons. The summed E-state index contributed by atoms with van der Waals surface area (Å²) in [6.07, 6.45) is 9.90. The molecule has 0 fully saturated rings. The molecule has 0 radical (unpaired) electrons. The smallest absolute Gasteiger partial charge is 0.0461 e. The van der Waals surface area contributed by atoms with Crippen LogP contribution in [0.3, 0.4) is 0 Å². The zero-order valence-corrected chi connectivity index (χ0v) is 18.9. The summed E-state index contributed by atoms with van der Waals surface area (Å²) in [5.74, 6) is 0. The van der Waals surface area contributed by atoms with Gasteiger partial charge >= 0.3 is 0 Å². The van der Waals surface area contributed by atoms with Crippen LogP contribution in [-0.2, 0) is 0 Å². The fourth-order valence-corrected chi connectivity index (χ4v) is 4.20. The van der Waals surface area contributed by atoms with E-state index >= 15 is 0 Å². The van der Waals surface area contributed by atoms with Gasteiger partial charge in [0, 0.05) is 17.1 Å². The minimum absolute atomic E-state index is 0.925. The second-order valence-corrected chi connectivity index (χ2v) is 8.31. The molecule has 1 heteroatoms. The lowest BCUT2D eigenvalue weighted by atomic mass is 10.0. The molecule has 1 aliphatic rings. The Hall–Kier alpha value is -4.10. The quantitative estimate of drug-likeness (QED) is 0.308. The van der Waals surface area contributed by atoms with Crippen LogP contribution in [0.15, 0.2) is 145 Å². The van der Waals surface area contributed by atoms with Crippen molar-refractivity contribution < 1.29 is 0 Å². The monoisotopic (exact) mass is 425 g/mol. The maximum Gasteiger partial charge on any atom is 0.0461 e. The zero-order chi connectivity index (χ0) is 22.5. The molecule has 0 saturated carbocycles. The number of rotatable bonds is 5. The normalized spacial score (nSPS) is 13.1. The average molecular weight is 426 g/mol. The Labute approximate surface area is 196 Å². The molecule has 0 spiro atoms. The van der Waals surface area contributed by atoms with Gasteiger partial charge in [-0.3, -0.25) is 0 Å². The summed E-state index contributed by atoms with van der Waals surface area (Å²) >= 11 is 0. The first kappa shape index (κ1) is 20.8. The molecule has 4 aromatic carbocycles. The van der Waals surface area contributed by atoms with E-state index in [1.807, 2.05) is 0 Å². The molecular weight excluding hydrogens is 398 g/mol. The zero-order valence-electron chi connectivity index (χ0n) is 18.9. The summed E-state index contributed by atoms with van der Waals surface area (Å²) in [5.41, 5.74) is 9.69. The third kappa shape index (κ3) is 4.73. The molecule has 0 bridgehead atoms. The van der Waals surface area contributed by atoms with Crippen LogP contribution in [0, 0.1) is 0 Å². The fraction of sp³-hybridized carbons (Fsp3) is 0.0625. The lowest BCUT2D eigenvalue weighted by molar-refractivity contribution is 1.18. The lowest BCUT2D eigenvalue weighted by Crippen LogP contribution is -2.15. The van der Waals surface area contributed by atoms with E-state index in [-0.39, 0.29) is 0 Å². The standard InChI is InChI=1S/C32H27N/c1-25-9-8-14-30(20-15-25)33(31-21-16-28(17-22-31)26-10-4-2-5-11-26)32-23-18-29(19-24-32)27-12-6-3-7-13-27/h2-7,9-24H,8H2,1H3. The molecule has 1 nitrogen and oxygen atoms in total. The number of nitrogens with zero attached hydrogens (tertiary/aromatic N) is 1. The maximum absolute atomic E-state index is 2.34. The van der Waals surface area contributed by atoms with Crippen molar-refractivity contribution in [3.05, 3.63) is 145 Å². The molecule has 0 aliphatic heterocycles. The van der Waals surface area contributed by atoms with Crippen LogP contribution in [0.1, 0.15) is 13.3 Å². The number of allylic oxidation sites excluding steroid dienone is 5. The van der Waals surface area contributed by atoms with E-state index < -0.39 is 0 Å². The molecule has 0 atom stereocenters. The Morgan fingerprint density at radius 1 is 0.485 bits per heavy atom. The molecule has 0 N–H and O–H groups in total. The molecule has 0 unspecified atom stereocenters. The Kier molecular flexibility index (Phi) is 6.04. The molecule has 33 heavy (non-hydrogen) atoms. The first-order valence-electron chi connectivity index (χ1n) is 11.4. The van der Waals surface area contributed by atoms with Crippen molar-refractivity contribution in [2.24, 2.45) is 0 Å². The Morgan fingerprint density at radius 3 is 1.42 bits per heavy atom. The topological polar surface area (TPSA) is 3.24 Å². The first-order chi connectivity index (χ1) is 16.3. The van der Waals surface area contributed by atoms with Crippen molar-refractivity contribution >= 4 is 11.4 Å². The third-order valence-corrected chi connectivity index (χ3v) is 6.01. The van der Waals surface area contributed by atoms with Gasteiger partial charge in [-0.2, -0.15) is 0 Å². The highest BCUT2D eigenvalue weighted by atomic mass is 15.1. The molecule has 4 aromatic rings. The van der Waals surface area contributed by atoms with Crippen LogP contribution < -0.4 is 4.90 Å². The Bertz CT molecular complexity index is 1210. The number of hydrogen-bond donors (Lipinski definition) is 0. The lowest BCUT2D eigenvalue weighted by Gasteiger charge is -2.27. The summed E-state index contributed by atoms with van der Waals surface area (Å²) in [6, 6.07) is 38.8. The van der Waals surface area contributed by atoms with Crippen molar-refractivity contribution in [2.75, 3.05) is 4.90 Å². The summed E-state index contributed by atoms with van der Waals surface area (Å²) in [7, 11) is 0. The summed E-state index contributed by atoms with van der Waals surface area (Å²) < 4.78 is 0. The fourth-order valence-electron chi connectivity index (χ4n) is 4.20. The second-order valence-electron chi connectivity index (χ2n) is 8.31. The second kappa shape index (κ2) is 9.58. The van der Waals surface area contributed by atoms with E-state index in [9.17, 15) is 0 Å². The van der Waals surface area contributed by atoms with Crippen molar-refractivity contribution in [3.8, 4) is 22.3 Å². The molecule has 0 heterocycles. The van der Waals surface area contributed by atoms with Crippen LogP contribution in [0.4, 0.5) is 11.4 Å². The van der Waals surface area contributed by atoms with Crippen LogP contribution in [-0.4, -0.2) is 0 Å². The number of anilines is 2. The molecular formula is C32H27N. The first-order valence-corrected chi connectivity index (χ1v) is 11.4. The van der Waals surface area contributed by atoms with Gasteiger partial charge in [0.2, 0.25) is 0 Å². The van der Waals surface area contributed by atoms with Gasteiger partial charge in [0.05, 0.1) is 0 Å². The van der Waals surface area contributed by atoms with Gasteiger partial charge < -0.3 is 4.90 Å². The van der Waals surface area contributed by atoms with Crippen molar-refractivity contribution in [1.29, 1.82) is 0 Å². The van der Waals surface area contributed by atoms with Gasteiger partial charge in [0.1, 0.15) is 0 Å². The van der Waals surface area contributed by atoms with E-state index in [4.69, 9.17) is 0 Å². The van der Waals surface area contributed by atoms with Gasteiger partial charge in [0.15, 0.2) is 0 Å². The predicted octanol–water partition coefficient (Wildman–Crippen LogP) is 8.95. The molecule has 0 saturated heterocycles. The highest BCUT2D eigenvalue weighted by molar-refractivity contribution is 5.76. The third-order valence-electron chi connectivity index (χ3n) is 6.01. The van der Waals surface area contributed by atoms with Gasteiger partial charge in [-0.05, 0) is 65.9 Å². The van der Waals surface area contributed by atoms with Crippen LogP contribution in [0.2, 0.25) is 0 Å². The summed E-state index contributed by atoms with van der Waals surface area (Å²) in [4.78, 5) is 2.34. The van der Waals surface area contributed by atoms with Gasteiger partial charge in [-0.1, -0.05) is 109 Å². The van der Waals surface area contributed by atoms with E-state index in [0.717, 1.165) is 17.8 Å². The molecule has 1 aliphatic carbocycles. The summed E-state index contributed by atoms with van der Waals surface area (Å²) in [5, 5.41) is 0. The minimum Gasteiger partial charge on any atom is -0.311 e. The van der Waals surface area contributed by atoms with E-state index in [1.165, 1.54) is 33.5 Å². The predicted molar refractivity (Wildman–Crippen MR) is 141 cm³/mol. The van der Waals surface area contributed by atoms with E-state index in [2.05, 4.69) is 145 Å². The maximum atomic E-state index is 2.34. The van der Waals surface area contributed by atoms with Crippen LogP contribution >= 0.6 is 0 Å². The van der Waals surface area contributed by atoms with Crippen LogP contribution in [0.25, 0.3) is 22.3 Å². The van der Waals surface area contributed by atoms with Crippen molar-refractivity contribution in [3.63, 3.8) is 0 Å². The van der Waals surface area contributed by atoms with Crippen molar-refractivity contribution in [2.45, 2.75) is 13.3 Å². The van der Waals surface area contributed by atoms with Gasteiger partial charge in [-0.25, -0.2) is 0 Å². The number of benzene rings is 4. The minimum atomic E-state index is 0.925. The molecule has 0 amide bonds. The van der Waals surface area contributed by atoms with E-state index in [0.29, 0.717) is 0 Å². The number of hydrogen-bond acceptors (Lipinski definition) is 1. The largest absolute Gasteiger partial charge is 0.311 e. The SMILES string of the molecule is CC1=CCC=C(N(c2ccc(-c3ccccc3)cc2)c2ccc(-c3ccccc3)cc2)C=C1. The average Bonchev–Trinajstić information content (AvgIpc) is 3.10. The van der Waals surface area contributed by atoms with Crippen molar-refractivity contribution in [1.82, 2.24) is 0 Å². The Balaban J connectivity index is 1.53. The highest BCUT2D eigenvalue weighted by Crippen LogP contribution is 2.34. The van der Waals surface area contributed by atoms with Gasteiger partial charge in [-0.15, -0.1) is 0 Å². The van der Waals surface area contributed by atoms with Crippen LogP contribution in [0.5, 0.6) is 0 Å². The molecule has 0 aromatic heterocycles. The molecule has 5 rings (SSSR count). The highest BCUT2D eigenvalue weighted by Gasteiger charge is 2.14. The van der Waals surface area contributed by atoms with E-state index in [1.54, 1.807) is 0 Å². The Morgan fingerprint density at radius 2 is 0.939 bits per heavy atom. The summed E-state index contributed by atoms with van der Waals surface area (Å²) in [6.45, 7) is 2.15. The van der Waals surface area contributed by atoms with Gasteiger partial charge in [0.25, 0.3) is 0 Å².